The third-order valence-electron chi connectivity index (χ3n) is 3.22. The van der Waals surface area contributed by atoms with E-state index in [1.54, 1.807) is 0 Å². The molecule has 0 atom stereocenters. The number of rotatable bonds is 6. The summed E-state index contributed by atoms with van der Waals surface area (Å²) in [6.45, 7) is 3.34. The van der Waals surface area contributed by atoms with Crippen LogP contribution in [0.4, 0.5) is 5.69 Å². The van der Waals surface area contributed by atoms with Crippen LogP contribution in [0.5, 0.6) is 0 Å². The summed E-state index contributed by atoms with van der Waals surface area (Å²) in [5, 5.41) is 3.44. The maximum Gasteiger partial charge on any atom is 0.0376 e. The number of nitrogens with zero attached hydrogens (tertiary/aromatic N) is 1. The molecule has 0 fully saturated rings. The largest absolute Gasteiger partial charge is 0.384 e. The van der Waals surface area contributed by atoms with Crippen LogP contribution in [-0.2, 0) is 13.0 Å². The quantitative estimate of drug-likeness (QED) is 0.782. The fraction of sp³-hybridized carbons (Fsp3) is 0.571. The van der Waals surface area contributed by atoms with Crippen LogP contribution in [0, 0.1) is 0 Å². The molecule has 1 aromatic rings. The number of thioether (sulfide) groups is 1. The van der Waals surface area contributed by atoms with Crippen molar-refractivity contribution in [3.63, 3.8) is 0 Å². The van der Waals surface area contributed by atoms with Gasteiger partial charge in [-0.3, -0.25) is 0 Å². The second kappa shape index (κ2) is 6.31. The minimum absolute atomic E-state index is 1.06. The van der Waals surface area contributed by atoms with Crippen LogP contribution in [-0.4, -0.2) is 37.0 Å². The van der Waals surface area contributed by atoms with E-state index in [4.69, 9.17) is 0 Å². The monoisotopic (exact) mass is 250 g/mol. The molecule has 94 valence electrons. The van der Waals surface area contributed by atoms with Crippen LogP contribution in [0.1, 0.15) is 17.5 Å². The summed E-state index contributed by atoms with van der Waals surface area (Å²) in [5.41, 5.74) is 4.24. The second-order valence-corrected chi connectivity index (χ2v) is 5.74. The van der Waals surface area contributed by atoms with Crippen molar-refractivity contribution in [3.05, 3.63) is 29.3 Å². The van der Waals surface area contributed by atoms with Crippen LogP contribution in [0.25, 0.3) is 0 Å². The first-order chi connectivity index (χ1) is 8.29. The van der Waals surface area contributed by atoms with Crippen molar-refractivity contribution in [1.29, 1.82) is 0 Å². The van der Waals surface area contributed by atoms with E-state index < -0.39 is 0 Å². The molecule has 1 heterocycles. The maximum atomic E-state index is 3.44. The highest BCUT2D eigenvalue weighted by atomic mass is 32.2. The van der Waals surface area contributed by atoms with Crippen molar-refractivity contribution in [3.8, 4) is 0 Å². The lowest BCUT2D eigenvalue weighted by Crippen LogP contribution is -2.19. The van der Waals surface area contributed by atoms with Crippen molar-refractivity contribution in [2.75, 3.05) is 37.5 Å². The lowest BCUT2D eigenvalue weighted by Gasteiger charge is -2.17. The highest BCUT2D eigenvalue weighted by molar-refractivity contribution is 7.98. The summed E-state index contributed by atoms with van der Waals surface area (Å²) >= 11 is 1.93. The van der Waals surface area contributed by atoms with E-state index in [0.717, 1.165) is 13.1 Å². The summed E-state index contributed by atoms with van der Waals surface area (Å²) in [7, 11) is 2.21. The van der Waals surface area contributed by atoms with Gasteiger partial charge in [0.1, 0.15) is 0 Å². The number of anilines is 1. The molecule has 0 radical (unpaired) electrons. The zero-order chi connectivity index (χ0) is 12.1. The summed E-state index contributed by atoms with van der Waals surface area (Å²) in [6.07, 6.45) is 4.63. The smallest absolute Gasteiger partial charge is 0.0376 e. The van der Waals surface area contributed by atoms with Crippen molar-refractivity contribution >= 4 is 17.4 Å². The molecular formula is C14H22N2S. The van der Waals surface area contributed by atoms with Crippen molar-refractivity contribution in [2.24, 2.45) is 0 Å². The molecule has 0 bridgehead atoms. The van der Waals surface area contributed by atoms with Gasteiger partial charge in [-0.15, -0.1) is 0 Å². The molecule has 0 spiro atoms. The Balaban J connectivity index is 1.86. The molecule has 0 aromatic heterocycles. The first kappa shape index (κ1) is 12.8. The number of benzene rings is 1. The highest BCUT2D eigenvalue weighted by Crippen LogP contribution is 2.23. The van der Waals surface area contributed by atoms with Gasteiger partial charge < -0.3 is 10.2 Å². The van der Waals surface area contributed by atoms with Gasteiger partial charge in [0, 0.05) is 18.8 Å². The molecule has 3 heteroatoms. The zero-order valence-electron chi connectivity index (χ0n) is 10.8. The topological polar surface area (TPSA) is 15.3 Å². The van der Waals surface area contributed by atoms with Gasteiger partial charge in [0.25, 0.3) is 0 Å². The van der Waals surface area contributed by atoms with E-state index in [-0.39, 0.29) is 0 Å². The molecule has 1 N–H and O–H groups in total. The molecule has 0 aliphatic carbocycles. The van der Waals surface area contributed by atoms with Gasteiger partial charge in [-0.1, -0.05) is 12.1 Å². The van der Waals surface area contributed by atoms with Gasteiger partial charge in [-0.05, 0) is 55.6 Å². The van der Waals surface area contributed by atoms with Crippen LogP contribution < -0.4 is 5.32 Å². The van der Waals surface area contributed by atoms with Gasteiger partial charge in [-0.2, -0.15) is 11.8 Å². The Morgan fingerprint density at radius 1 is 1.41 bits per heavy atom. The zero-order valence-corrected chi connectivity index (χ0v) is 11.6. The SMILES string of the molecule is CSCCCN(C)Cc1ccc2c(c1)NCC2. The minimum Gasteiger partial charge on any atom is -0.384 e. The van der Waals surface area contributed by atoms with Crippen molar-refractivity contribution in [2.45, 2.75) is 19.4 Å². The fourth-order valence-electron chi connectivity index (χ4n) is 2.31. The molecule has 0 unspecified atom stereocenters. The molecular weight excluding hydrogens is 228 g/mol. The Kier molecular flexibility index (Phi) is 4.75. The van der Waals surface area contributed by atoms with Gasteiger partial charge in [-0.25, -0.2) is 0 Å². The summed E-state index contributed by atoms with van der Waals surface area (Å²) in [5.74, 6) is 1.26. The molecule has 0 saturated heterocycles. The highest BCUT2D eigenvalue weighted by Gasteiger charge is 2.10. The predicted molar refractivity (Wildman–Crippen MR) is 78.0 cm³/mol. The lowest BCUT2D eigenvalue weighted by atomic mass is 10.1. The predicted octanol–water partition coefficient (Wildman–Crippen LogP) is 2.84. The van der Waals surface area contributed by atoms with E-state index in [0.29, 0.717) is 0 Å². The van der Waals surface area contributed by atoms with Crippen LogP contribution >= 0.6 is 11.8 Å². The van der Waals surface area contributed by atoms with Gasteiger partial charge in [0.2, 0.25) is 0 Å². The molecule has 0 saturated carbocycles. The van der Waals surface area contributed by atoms with E-state index in [1.807, 2.05) is 11.8 Å². The Labute approximate surface area is 109 Å². The second-order valence-electron chi connectivity index (χ2n) is 4.75. The van der Waals surface area contributed by atoms with Crippen LogP contribution in [0.15, 0.2) is 18.2 Å². The van der Waals surface area contributed by atoms with Crippen LogP contribution in [0.3, 0.4) is 0 Å². The third-order valence-corrected chi connectivity index (χ3v) is 3.92. The molecule has 2 nitrogen and oxygen atoms in total. The number of hydrogen-bond acceptors (Lipinski definition) is 3. The molecule has 1 aromatic carbocycles. The average Bonchev–Trinajstić information content (AvgIpc) is 2.76. The average molecular weight is 250 g/mol. The number of hydrogen-bond donors (Lipinski definition) is 1. The standard InChI is InChI=1S/C14H22N2S/c1-16(8-3-9-17-2)11-12-4-5-13-6-7-15-14(13)10-12/h4-5,10,15H,3,6-9,11H2,1-2H3. The molecule has 2 rings (SSSR count). The molecule has 1 aliphatic rings. The maximum absolute atomic E-state index is 3.44. The third kappa shape index (κ3) is 3.65. The lowest BCUT2D eigenvalue weighted by molar-refractivity contribution is 0.328. The molecule has 1 aliphatic heterocycles. The Hall–Kier alpha value is -0.670. The van der Waals surface area contributed by atoms with Crippen LogP contribution in [0.2, 0.25) is 0 Å². The Bertz CT molecular complexity index is 365. The minimum atomic E-state index is 1.06. The van der Waals surface area contributed by atoms with E-state index in [9.17, 15) is 0 Å². The normalized spacial score (nSPS) is 13.8. The van der Waals surface area contributed by atoms with Gasteiger partial charge in [0.15, 0.2) is 0 Å². The van der Waals surface area contributed by atoms with Crippen molar-refractivity contribution in [1.82, 2.24) is 4.90 Å². The summed E-state index contributed by atoms with van der Waals surface area (Å²) < 4.78 is 0. The number of fused-ring (bicyclic) bond motifs is 1. The first-order valence-corrected chi connectivity index (χ1v) is 7.72. The van der Waals surface area contributed by atoms with Gasteiger partial charge in [0.05, 0.1) is 0 Å². The summed E-state index contributed by atoms with van der Waals surface area (Å²) in [6, 6.07) is 6.87. The Morgan fingerprint density at radius 3 is 3.12 bits per heavy atom. The van der Waals surface area contributed by atoms with Gasteiger partial charge >= 0.3 is 0 Å². The van der Waals surface area contributed by atoms with E-state index >= 15 is 0 Å². The molecule has 17 heavy (non-hydrogen) atoms. The molecule has 0 amide bonds. The number of nitrogens with one attached hydrogen (secondary N) is 1. The summed E-state index contributed by atoms with van der Waals surface area (Å²) in [4.78, 5) is 2.41. The van der Waals surface area contributed by atoms with Crippen molar-refractivity contribution < 1.29 is 0 Å². The Morgan fingerprint density at radius 2 is 2.29 bits per heavy atom. The fourth-order valence-corrected chi connectivity index (χ4v) is 2.72. The first-order valence-electron chi connectivity index (χ1n) is 6.33. The van der Waals surface area contributed by atoms with E-state index in [1.165, 1.54) is 42.0 Å². The van der Waals surface area contributed by atoms with E-state index in [2.05, 4.69) is 41.7 Å².